The van der Waals surface area contributed by atoms with Crippen LogP contribution in [0.4, 0.5) is 13.2 Å². The highest BCUT2D eigenvalue weighted by molar-refractivity contribution is 5.67. The van der Waals surface area contributed by atoms with Gasteiger partial charge >= 0.3 is 0 Å². The van der Waals surface area contributed by atoms with E-state index in [9.17, 15) is 13.2 Å². The van der Waals surface area contributed by atoms with Crippen LogP contribution >= 0.6 is 0 Å². The summed E-state index contributed by atoms with van der Waals surface area (Å²) in [6, 6.07) is 5.68. The molecule has 0 atom stereocenters. The van der Waals surface area contributed by atoms with Crippen LogP contribution in [0.3, 0.4) is 0 Å². The average molecular weight is 212 g/mol. The molecule has 1 aliphatic rings. The summed E-state index contributed by atoms with van der Waals surface area (Å²) in [5, 5.41) is 0. The predicted octanol–water partition coefficient (Wildman–Crippen LogP) is 4.03. The molecule has 2 rings (SSSR count). The molecule has 80 valence electrons. The molecule has 0 saturated carbocycles. The van der Waals surface area contributed by atoms with Crippen molar-refractivity contribution in [1.29, 1.82) is 0 Å². The molecule has 0 aliphatic heterocycles. The first-order chi connectivity index (χ1) is 7.07. The number of hydrogen-bond donors (Lipinski definition) is 0. The Labute approximate surface area is 86.4 Å². The fraction of sp³-hybridized carbons (Fsp3) is 0.333. The van der Waals surface area contributed by atoms with Gasteiger partial charge in [-0.05, 0) is 42.2 Å². The van der Waals surface area contributed by atoms with Crippen LogP contribution in [0.5, 0.6) is 0 Å². The number of halogens is 3. The quantitative estimate of drug-likeness (QED) is 0.659. The Bertz CT molecular complexity index is 376. The summed E-state index contributed by atoms with van der Waals surface area (Å²) in [5.41, 5.74) is 1.31. The SMILES string of the molecule is Fc1ccc(C2=CC(F)(F)CCC2)cc1. The first-order valence-corrected chi connectivity index (χ1v) is 4.92. The van der Waals surface area contributed by atoms with Gasteiger partial charge in [0, 0.05) is 6.42 Å². The van der Waals surface area contributed by atoms with E-state index in [-0.39, 0.29) is 12.2 Å². The van der Waals surface area contributed by atoms with Gasteiger partial charge in [-0.2, -0.15) is 0 Å². The van der Waals surface area contributed by atoms with E-state index in [2.05, 4.69) is 0 Å². The van der Waals surface area contributed by atoms with Gasteiger partial charge in [-0.25, -0.2) is 13.2 Å². The van der Waals surface area contributed by atoms with Crippen molar-refractivity contribution in [3.05, 3.63) is 41.7 Å². The van der Waals surface area contributed by atoms with Crippen molar-refractivity contribution in [3.63, 3.8) is 0 Å². The van der Waals surface area contributed by atoms with Crippen molar-refractivity contribution < 1.29 is 13.2 Å². The number of alkyl halides is 2. The van der Waals surface area contributed by atoms with E-state index in [0.717, 1.165) is 6.08 Å². The summed E-state index contributed by atoms with van der Waals surface area (Å²) in [4.78, 5) is 0. The van der Waals surface area contributed by atoms with Crippen LogP contribution in [0, 0.1) is 5.82 Å². The molecule has 15 heavy (non-hydrogen) atoms. The highest BCUT2D eigenvalue weighted by atomic mass is 19.3. The Hall–Kier alpha value is -1.25. The fourth-order valence-corrected chi connectivity index (χ4v) is 1.81. The van der Waals surface area contributed by atoms with E-state index in [1.54, 1.807) is 12.1 Å². The third-order valence-corrected chi connectivity index (χ3v) is 2.56. The lowest BCUT2D eigenvalue weighted by Gasteiger charge is -2.20. The van der Waals surface area contributed by atoms with E-state index < -0.39 is 5.92 Å². The molecule has 0 amide bonds. The lowest BCUT2D eigenvalue weighted by molar-refractivity contribution is 0.0404. The molecule has 0 radical (unpaired) electrons. The minimum absolute atomic E-state index is 0.0856. The second kappa shape index (κ2) is 3.72. The summed E-state index contributed by atoms with van der Waals surface area (Å²) in [7, 11) is 0. The van der Waals surface area contributed by atoms with E-state index in [1.807, 2.05) is 0 Å². The Morgan fingerprint density at radius 2 is 1.73 bits per heavy atom. The molecule has 0 nitrogen and oxygen atoms in total. The van der Waals surface area contributed by atoms with Crippen LogP contribution in [0.15, 0.2) is 30.3 Å². The molecule has 0 unspecified atom stereocenters. The molecule has 1 aromatic rings. The molecule has 3 heteroatoms. The summed E-state index contributed by atoms with van der Waals surface area (Å²) in [6.07, 6.45) is 2.04. The summed E-state index contributed by atoms with van der Waals surface area (Å²) >= 11 is 0. The number of allylic oxidation sites excluding steroid dienone is 2. The largest absolute Gasteiger partial charge is 0.267 e. The lowest BCUT2D eigenvalue weighted by Crippen LogP contribution is -2.16. The van der Waals surface area contributed by atoms with Gasteiger partial charge in [0.15, 0.2) is 0 Å². The van der Waals surface area contributed by atoms with Crippen LogP contribution in [-0.4, -0.2) is 5.92 Å². The van der Waals surface area contributed by atoms with Crippen molar-refractivity contribution in [2.24, 2.45) is 0 Å². The van der Waals surface area contributed by atoms with Crippen LogP contribution < -0.4 is 0 Å². The van der Waals surface area contributed by atoms with Gasteiger partial charge in [-0.3, -0.25) is 0 Å². The van der Waals surface area contributed by atoms with Crippen LogP contribution in [0.1, 0.15) is 24.8 Å². The molecule has 0 aromatic heterocycles. The molecular weight excluding hydrogens is 201 g/mol. The summed E-state index contributed by atoms with van der Waals surface area (Å²) < 4.78 is 38.8. The molecular formula is C12H11F3. The summed E-state index contributed by atoms with van der Waals surface area (Å²) in [6.45, 7) is 0. The lowest BCUT2D eigenvalue weighted by atomic mass is 9.92. The predicted molar refractivity (Wildman–Crippen MR) is 53.2 cm³/mol. The minimum Gasteiger partial charge on any atom is -0.207 e. The fourth-order valence-electron chi connectivity index (χ4n) is 1.81. The van der Waals surface area contributed by atoms with Gasteiger partial charge < -0.3 is 0 Å². The van der Waals surface area contributed by atoms with Crippen LogP contribution in [-0.2, 0) is 0 Å². The van der Waals surface area contributed by atoms with E-state index in [0.29, 0.717) is 24.0 Å². The first kappa shape index (κ1) is 10.3. The van der Waals surface area contributed by atoms with Crippen molar-refractivity contribution >= 4 is 5.57 Å². The summed E-state index contributed by atoms with van der Waals surface area (Å²) in [5.74, 6) is -3.05. The Balaban J connectivity index is 2.31. The molecule has 0 heterocycles. The highest BCUT2D eigenvalue weighted by Gasteiger charge is 2.29. The van der Waals surface area contributed by atoms with Gasteiger partial charge in [-0.1, -0.05) is 12.1 Å². The Morgan fingerprint density at radius 1 is 1.07 bits per heavy atom. The van der Waals surface area contributed by atoms with Crippen LogP contribution in [0.2, 0.25) is 0 Å². The third kappa shape index (κ3) is 2.41. The number of benzene rings is 1. The molecule has 0 N–H and O–H groups in total. The average Bonchev–Trinajstić information content (AvgIpc) is 2.17. The normalized spacial score (nSPS) is 19.8. The zero-order valence-corrected chi connectivity index (χ0v) is 8.14. The Morgan fingerprint density at radius 3 is 2.33 bits per heavy atom. The van der Waals surface area contributed by atoms with Crippen LogP contribution in [0.25, 0.3) is 5.57 Å². The topological polar surface area (TPSA) is 0 Å². The zero-order valence-electron chi connectivity index (χ0n) is 8.14. The van der Waals surface area contributed by atoms with Crippen molar-refractivity contribution in [3.8, 4) is 0 Å². The van der Waals surface area contributed by atoms with Gasteiger partial charge in [0.25, 0.3) is 5.92 Å². The highest BCUT2D eigenvalue weighted by Crippen LogP contribution is 2.35. The zero-order chi connectivity index (χ0) is 10.9. The standard InChI is InChI=1S/C12H11F3/c13-11-5-3-9(4-6-11)10-2-1-7-12(14,15)8-10/h3-6,8H,1-2,7H2. The van der Waals surface area contributed by atoms with E-state index in [4.69, 9.17) is 0 Å². The van der Waals surface area contributed by atoms with Gasteiger partial charge in [0.05, 0.1) is 0 Å². The smallest absolute Gasteiger partial charge is 0.207 e. The van der Waals surface area contributed by atoms with Gasteiger partial charge in [0.1, 0.15) is 5.82 Å². The number of hydrogen-bond acceptors (Lipinski definition) is 0. The maximum absolute atomic E-state index is 13.1. The molecule has 0 bridgehead atoms. The molecule has 0 fully saturated rings. The number of rotatable bonds is 1. The third-order valence-electron chi connectivity index (χ3n) is 2.56. The van der Waals surface area contributed by atoms with Gasteiger partial charge in [-0.15, -0.1) is 0 Å². The van der Waals surface area contributed by atoms with Crippen molar-refractivity contribution in [2.75, 3.05) is 0 Å². The van der Waals surface area contributed by atoms with E-state index in [1.165, 1.54) is 12.1 Å². The molecule has 0 saturated heterocycles. The van der Waals surface area contributed by atoms with Crippen molar-refractivity contribution in [2.45, 2.75) is 25.2 Å². The van der Waals surface area contributed by atoms with Crippen molar-refractivity contribution in [1.82, 2.24) is 0 Å². The molecule has 0 spiro atoms. The molecule has 1 aromatic carbocycles. The maximum atomic E-state index is 13.1. The second-order valence-electron chi connectivity index (χ2n) is 3.79. The maximum Gasteiger partial charge on any atom is 0.267 e. The minimum atomic E-state index is -2.71. The van der Waals surface area contributed by atoms with Gasteiger partial charge in [0.2, 0.25) is 0 Å². The Kier molecular flexibility index (Phi) is 2.55. The second-order valence-corrected chi connectivity index (χ2v) is 3.79. The monoisotopic (exact) mass is 212 g/mol. The van der Waals surface area contributed by atoms with E-state index >= 15 is 0 Å². The first-order valence-electron chi connectivity index (χ1n) is 4.92. The molecule has 1 aliphatic carbocycles.